The van der Waals surface area contributed by atoms with Gasteiger partial charge in [-0.2, -0.15) is 0 Å². The monoisotopic (exact) mass is 290 g/mol. The molecule has 6 heteroatoms. The van der Waals surface area contributed by atoms with Crippen molar-refractivity contribution in [2.24, 2.45) is 0 Å². The van der Waals surface area contributed by atoms with Crippen molar-refractivity contribution < 1.29 is 19.4 Å². The average molecular weight is 290 g/mol. The zero-order valence-corrected chi connectivity index (χ0v) is 11.5. The molecule has 0 bridgehead atoms. The number of allylic oxidation sites excluding steroid dienone is 1. The van der Waals surface area contributed by atoms with Crippen LogP contribution >= 0.6 is 0 Å². The van der Waals surface area contributed by atoms with Gasteiger partial charge in [-0.25, -0.2) is 9.59 Å². The highest BCUT2D eigenvalue weighted by atomic mass is 16.5. The van der Waals surface area contributed by atoms with E-state index in [9.17, 15) is 9.59 Å². The highest BCUT2D eigenvalue weighted by Gasteiger charge is 2.14. The third kappa shape index (κ3) is 4.83. The van der Waals surface area contributed by atoms with Crippen LogP contribution in [0.25, 0.3) is 0 Å². The number of carbonyl (C=O) groups is 2. The Kier molecular flexibility index (Phi) is 5.20. The van der Waals surface area contributed by atoms with E-state index < -0.39 is 12.6 Å². The topological polar surface area (TPSA) is 87.7 Å². The Balaban J connectivity index is 1.93. The molecule has 3 N–H and O–H groups in total. The molecule has 1 atom stereocenters. The highest BCUT2D eigenvalue weighted by Crippen LogP contribution is 2.23. The molecule has 2 rings (SSSR count). The molecule has 0 heterocycles. The number of carboxylic acids is 1. The Hall–Kier alpha value is -2.50. The van der Waals surface area contributed by atoms with Gasteiger partial charge in [-0.15, -0.1) is 0 Å². The van der Waals surface area contributed by atoms with Crippen LogP contribution in [0.4, 0.5) is 10.5 Å². The zero-order chi connectivity index (χ0) is 15.1. The van der Waals surface area contributed by atoms with E-state index in [1.807, 2.05) is 0 Å². The van der Waals surface area contributed by atoms with Crippen molar-refractivity contribution >= 4 is 17.7 Å². The number of para-hydroxylation sites is 2. The number of hydrogen-bond acceptors (Lipinski definition) is 3. The molecule has 0 saturated heterocycles. The fourth-order valence-corrected chi connectivity index (χ4v) is 2.10. The van der Waals surface area contributed by atoms with Crippen molar-refractivity contribution in [3.05, 3.63) is 36.4 Å². The number of nitrogens with one attached hydrogen (secondary N) is 2. The summed E-state index contributed by atoms with van der Waals surface area (Å²) >= 11 is 0. The normalized spacial score (nSPS) is 17.0. The third-order valence-electron chi connectivity index (χ3n) is 3.09. The molecule has 0 fully saturated rings. The minimum atomic E-state index is -1.07. The maximum Gasteiger partial charge on any atom is 0.341 e. The Labute approximate surface area is 122 Å². The molecule has 1 aromatic carbocycles. The lowest BCUT2D eigenvalue weighted by Crippen LogP contribution is -2.38. The Morgan fingerprint density at radius 1 is 1.29 bits per heavy atom. The van der Waals surface area contributed by atoms with Crippen LogP contribution in [0.1, 0.15) is 19.3 Å². The molecule has 0 saturated carbocycles. The predicted molar refractivity (Wildman–Crippen MR) is 78.5 cm³/mol. The van der Waals surface area contributed by atoms with Gasteiger partial charge in [0.1, 0.15) is 5.75 Å². The molecule has 0 radical (unpaired) electrons. The standard InChI is InChI=1S/C15H18N2O4/c18-14(19)10-21-13-9-5-4-8-12(13)17-15(20)16-11-6-2-1-3-7-11/h1-2,4-5,8-9,11H,3,6-7,10H2,(H,18,19)(H2,16,17,20). The number of ether oxygens (including phenoxy) is 1. The molecule has 1 aromatic rings. The molecule has 21 heavy (non-hydrogen) atoms. The van der Waals surface area contributed by atoms with Crippen LogP contribution < -0.4 is 15.4 Å². The van der Waals surface area contributed by atoms with Crippen LogP contribution in [0.15, 0.2) is 36.4 Å². The molecule has 0 aromatic heterocycles. The fraction of sp³-hybridized carbons (Fsp3) is 0.333. The van der Waals surface area contributed by atoms with Gasteiger partial charge in [0.05, 0.1) is 5.69 Å². The molecule has 1 aliphatic carbocycles. The van der Waals surface area contributed by atoms with E-state index in [0.29, 0.717) is 11.4 Å². The SMILES string of the molecule is O=C(O)COc1ccccc1NC(=O)NC1CC=CCC1. The van der Waals surface area contributed by atoms with Crippen LogP contribution in [0.2, 0.25) is 0 Å². The molecule has 1 unspecified atom stereocenters. The first-order valence-corrected chi connectivity index (χ1v) is 6.81. The van der Waals surface area contributed by atoms with Gasteiger partial charge in [0.2, 0.25) is 0 Å². The van der Waals surface area contributed by atoms with Crippen molar-refractivity contribution in [1.82, 2.24) is 5.32 Å². The molecular weight excluding hydrogens is 272 g/mol. The summed E-state index contributed by atoms with van der Waals surface area (Å²) in [5.41, 5.74) is 0.447. The highest BCUT2D eigenvalue weighted by molar-refractivity contribution is 5.91. The smallest absolute Gasteiger partial charge is 0.341 e. The zero-order valence-electron chi connectivity index (χ0n) is 11.5. The van der Waals surface area contributed by atoms with Gasteiger partial charge in [0.25, 0.3) is 0 Å². The molecule has 6 nitrogen and oxygen atoms in total. The van der Waals surface area contributed by atoms with Crippen molar-refractivity contribution in [2.45, 2.75) is 25.3 Å². The van der Waals surface area contributed by atoms with Crippen LogP contribution in [0.5, 0.6) is 5.75 Å². The number of amides is 2. The minimum absolute atomic E-state index is 0.127. The maximum absolute atomic E-state index is 12.0. The number of hydrogen-bond donors (Lipinski definition) is 3. The lowest BCUT2D eigenvalue weighted by molar-refractivity contribution is -0.139. The lowest BCUT2D eigenvalue weighted by Gasteiger charge is -2.20. The summed E-state index contributed by atoms with van der Waals surface area (Å²) < 4.78 is 5.14. The van der Waals surface area contributed by atoms with Crippen molar-refractivity contribution in [3.63, 3.8) is 0 Å². The van der Waals surface area contributed by atoms with Crippen molar-refractivity contribution in [2.75, 3.05) is 11.9 Å². The van der Waals surface area contributed by atoms with E-state index in [0.717, 1.165) is 19.3 Å². The summed E-state index contributed by atoms with van der Waals surface area (Å²) in [5, 5.41) is 14.2. The van der Waals surface area contributed by atoms with Gasteiger partial charge < -0.3 is 20.5 Å². The van der Waals surface area contributed by atoms with Gasteiger partial charge in [-0.3, -0.25) is 0 Å². The van der Waals surface area contributed by atoms with E-state index in [1.54, 1.807) is 24.3 Å². The number of carbonyl (C=O) groups excluding carboxylic acids is 1. The van der Waals surface area contributed by atoms with E-state index in [4.69, 9.17) is 9.84 Å². The molecule has 1 aliphatic rings. The van der Waals surface area contributed by atoms with Gasteiger partial charge >= 0.3 is 12.0 Å². The average Bonchev–Trinajstić information content (AvgIpc) is 2.47. The summed E-state index contributed by atoms with van der Waals surface area (Å²) in [6, 6.07) is 6.54. The van der Waals surface area contributed by atoms with Gasteiger partial charge in [0.15, 0.2) is 6.61 Å². The van der Waals surface area contributed by atoms with E-state index in [-0.39, 0.29) is 12.1 Å². The van der Waals surface area contributed by atoms with E-state index >= 15 is 0 Å². The summed E-state index contributed by atoms with van der Waals surface area (Å²) in [4.78, 5) is 22.5. The molecule has 112 valence electrons. The number of aliphatic carboxylic acids is 1. The minimum Gasteiger partial charge on any atom is -0.480 e. The first kappa shape index (κ1) is 14.9. The van der Waals surface area contributed by atoms with Crippen LogP contribution in [-0.2, 0) is 4.79 Å². The Morgan fingerprint density at radius 2 is 2.10 bits per heavy atom. The number of anilines is 1. The van der Waals surface area contributed by atoms with Gasteiger partial charge in [-0.05, 0) is 31.4 Å². The van der Waals surface area contributed by atoms with Gasteiger partial charge in [0, 0.05) is 6.04 Å². The Morgan fingerprint density at radius 3 is 2.81 bits per heavy atom. The second-order valence-electron chi connectivity index (χ2n) is 4.76. The predicted octanol–water partition coefficient (Wildman–Crippen LogP) is 2.38. The second-order valence-corrected chi connectivity index (χ2v) is 4.76. The summed E-state index contributed by atoms with van der Waals surface area (Å²) in [5.74, 6) is -0.734. The fourth-order valence-electron chi connectivity index (χ4n) is 2.10. The number of rotatable bonds is 5. The molecule has 2 amide bonds. The largest absolute Gasteiger partial charge is 0.480 e. The molecule has 0 aliphatic heterocycles. The molecular formula is C15H18N2O4. The Bertz CT molecular complexity index is 542. The first-order chi connectivity index (χ1) is 10.1. The van der Waals surface area contributed by atoms with Crippen LogP contribution in [0, 0.1) is 0 Å². The third-order valence-corrected chi connectivity index (χ3v) is 3.09. The first-order valence-electron chi connectivity index (χ1n) is 6.81. The summed E-state index contributed by atoms with van der Waals surface area (Å²) in [6.45, 7) is -0.451. The van der Waals surface area contributed by atoms with E-state index in [1.165, 1.54) is 0 Å². The van der Waals surface area contributed by atoms with Crippen molar-refractivity contribution in [1.29, 1.82) is 0 Å². The van der Waals surface area contributed by atoms with Crippen molar-refractivity contribution in [3.8, 4) is 5.75 Å². The van der Waals surface area contributed by atoms with Crippen LogP contribution in [0.3, 0.4) is 0 Å². The summed E-state index contributed by atoms with van der Waals surface area (Å²) in [7, 11) is 0. The quantitative estimate of drug-likeness (QED) is 0.726. The molecule has 0 spiro atoms. The second kappa shape index (κ2) is 7.33. The van der Waals surface area contributed by atoms with E-state index in [2.05, 4.69) is 22.8 Å². The van der Waals surface area contributed by atoms with Gasteiger partial charge in [-0.1, -0.05) is 24.3 Å². The van der Waals surface area contributed by atoms with Crippen LogP contribution in [-0.4, -0.2) is 29.8 Å². The summed E-state index contributed by atoms with van der Waals surface area (Å²) in [6.07, 6.45) is 6.86. The number of benzene rings is 1. The maximum atomic E-state index is 12.0. The number of urea groups is 1. The number of carboxylic acid groups (broad SMARTS) is 1. The lowest BCUT2D eigenvalue weighted by atomic mass is 10.0.